The van der Waals surface area contributed by atoms with Crippen LogP contribution in [0.25, 0.3) is 0 Å². The maximum atomic E-state index is 11.4. The number of nitrogens with zero attached hydrogens (tertiary/aromatic N) is 3. The SMILES string of the molecule is CNC(=O)c1ccc(CSc2nnc(CN)n2C)cc1.Cl. The smallest absolute Gasteiger partial charge is 0.251 e. The van der Waals surface area contributed by atoms with Gasteiger partial charge >= 0.3 is 0 Å². The van der Waals surface area contributed by atoms with Gasteiger partial charge in [-0.15, -0.1) is 22.6 Å². The maximum Gasteiger partial charge on any atom is 0.251 e. The molecule has 0 aliphatic carbocycles. The van der Waals surface area contributed by atoms with Crippen molar-refractivity contribution in [2.24, 2.45) is 12.8 Å². The second-order valence-corrected chi connectivity index (χ2v) is 5.17. The zero-order chi connectivity index (χ0) is 14.5. The van der Waals surface area contributed by atoms with Crippen molar-refractivity contribution in [1.29, 1.82) is 0 Å². The van der Waals surface area contributed by atoms with Crippen LogP contribution < -0.4 is 11.1 Å². The van der Waals surface area contributed by atoms with Crippen LogP contribution in [0.15, 0.2) is 29.4 Å². The lowest BCUT2D eigenvalue weighted by molar-refractivity contribution is 0.0963. The standard InChI is InChI=1S/C13H17N5OS.ClH/c1-15-12(19)10-5-3-9(4-6-10)8-20-13-17-16-11(7-14)18(13)2;/h3-6H,7-8,14H2,1-2H3,(H,15,19);1H. The number of nitrogens with two attached hydrogens (primary N) is 1. The van der Waals surface area contributed by atoms with Gasteiger partial charge in [0.1, 0.15) is 5.82 Å². The van der Waals surface area contributed by atoms with E-state index < -0.39 is 0 Å². The van der Waals surface area contributed by atoms with Crippen molar-refractivity contribution >= 4 is 30.1 Å². The molecule has 0 fully saturated rings. The predicted octanol–water partition coefficient (Wildman–Crippen LogP) is 1.35. The van der Waals surface area contributed by atoms with Crippen molar-refractivity contribution in [3.05, 3.63) is 41.2 Å². The molecular weight excluding hydrogens is 310 g/mol. The molecule has 6 nitrogen and oxygen atoms in total. The van der Waals surface area contributed by atoms with E-state index in [1.807, 2.05) is 35.9 Å². The van der Waals surface area contributed by atoms with Crippen molar-refractivity contribution < 1.29 is 4.79 Å². The highest BCUT2D eigenvalue weighted by Gasteiger charge is 2.08. The van der Waals surface area contributed by atoms with E-state index in [-0.39, 0.29) is 18.3 Å². The van der Waals surface area contributed by atoms with Gasteiger partial charge in [0.2, 0.25) is 0 Å². The van der Waals surface area contributed by atoms with Crippen LogP contribution >= 0.6 is 24.2 Å². The third-order valence-electron chi connectivity index (χ3n) is 2.92. The van der Waals surface area contributed by atoms with E-state index in [1.54, 1.807) is 18.8 Å². The molecule has 114 valence electrons. The van der Waals surface area contributed by atoms with E-state index in [2.05, 4.69) is 15.5 Å². The lowest BCUT2D eigenvalue weighted by atomic mass is 10.1. The number of nitrogens with one attached hydrogen (secondary N) is 1. The number of aromatic nitrogens is 3. The van der Waals surface area contributed by atoms with Crippen LogP contribution in [0.3, 0.4) is 0 Å². The molecule has 1 aromatic carbocycles. The Bertz CT molecular complexity index is 599. The van der Waals surface area contributed by atoms with E-state index in [1.165, 1.54) is 0 Å². The molecule has 0 aliphatic heterocycles. The zero-order valence-electron chi connectivity index (χ0n) is 11.9. The number of hydrogen-bond donors (Lipinski definition) is 2. The number of carbonyl (C=O) groups excluding carboxylic acids is 1. The third-order valence-corrected chi connectivity index (χ3v) is 4.01. The van der Waals surface area contributed by atoms with E-state index in [9.17, 15) is 4.79 Å². The summed E-state index contributed by atoms with van der Waals surface area (Å²) in [6.07, 6.45) is 0. The van der Waals surface area contributed by atoms with E-state index in [0.29, 0.717) is 12.1 Å². The topological polar surface area (TPSA) is 85.8 Å². The molecule has 2 aromatic rings. The second-order valence-electron chi connectivity index (χ2n) is 4.23. The molecule has 0 saturated carbocycles. The number of amides is 1. The van der Waals surface area contributed by atoms with Gasteiger partial charge in [0.25, 0.3) is 5.91 Å². The van der Waals surface area contributed by atoms with Crippen LogP contribution in [0.5, 0.6) is 0 Å². The Balaban J connectivity index is 0.00000220. The molecule has 1 amide bonds. The highest BCUT2D eigenvalue weighted by Crippen LogP contribution is 2.21. The maximum absolute atomic E-state index is 11.4. The summed E-state index contributed by atoms with van der Waals surface area (Å²) >= 11 is 1.59. The fourth-order valence-electron chi connectivity index (χ4n) is 1.69. The Hall–Kier alpha value is -1.57. The Labute approximate surface area is 133 Å². The summed E-state index contributed by atoms with van der Waals surface area (Å²) in [6.45, 7) is 0.380. The highest BCUT2D eigenvalue weighted by molar-refractivity contribution is 7.98. The number of thioether (sulfide) groups is 1. The number of hydrogen-bond acceptors (Lipinski definition) is 5. The molecule has 21 heavy (non-hydrogen) atoms. The van der Waals surface area contributed by atoms with Gasteiger partial charge < -0.3 is 15.6 Å². The van der Waals surface area contributed by atoms with Crippen LogP contribution in [0.4, 0.5) is 0 Å². The molecule has 0 saturated heterocycles. The van der Waals surface area contributed by atoms with E-state index >= 15 is 0 Å². The van der Waals surface area contributed by atoms with Crippen LogP contribution in [0.2, 0.25) is 0 Å². The van der Waals surface area contributed by atoms with E-state index in [0.717, 1.165) is 22.3 Å². The molecule has 0 atom stereocenters. The van der Waals surface area contributed by atoms with Crippen molar-refractivity contribution in [2.45, 2.75) is 17.5 Å². The molecule has 2 rings (SSSR count). The van der Waals surface area contributed by atoms with Crippen molar-refractivity contribution in [3.8, 4) is 0 Å². The molecule has 1 aromatic heterocycles. The third kappa shape index (κ3) is 4.20. The van der Waals surface area contributed by atoms with Gasteiger partial charge in [0.05, 0.1) is 6.54 Å². The van der Waals surface area contributed by atoms with Gasteiger partial charge in [-0.3, -0.25) is 4.79 Å². The average Bonchev–Trinajstić information content (AvgIpc) is 2.85. The zero-order valence-corrected chi connectivity index (χ0v) is 13.5. The number of halogens is 1. The second kappa shape index (κ2) is 8.02. The normalized spacial score (nSPS) is 10.0. The summed E-state index contributed by atoms with van der Waals surface area (Å²) in [5, 5.41) is 11.5. The lowest BCUT2D eigenvalue weighted by Crippen LogP contribution is -2.17. The first-order chi connectivity index (χ1) is 9.65. The van der Waals surface area contributed by atoms with Crippen molar-refractivity contribution in [3.63, 3.8) is 0 Å². The first-order valence-electron chi connectivity index (χ1n) is 6.18. The Morgan fingerprint density at radius 2 is 2.00 bits per heavy atom. The first kappa shape index (κ1) is 17.5. The monoisotopic (exact) mass is 327 g/mol. The summed E-state index contributed by atoms with van der Waals surface area (Å²) < 4.78 is 1.89. The van der Waals surface area contributed by atoms with Crippen LogP contribution in [-0.2, 0) is 19.3 Å². The molecule has 1 heterocycles. The average molecular weight is 328 g/mol. The molecule has 0 unspecified atom stereocenters. The fraction of sp³-hybridized carbons (Fsp3) is 0.308. The number of carbonyl (C=O) groups is 1. The Morgan fingerprint density at radius 1 is 1.33 bits per heavy atom. The minimum absolute atomic E-state index is 0. The van der Waals surface area contributed by atoms with Crippen LogP contribution in [0, 0.1) is 0 Å². The summed E-state index contributed by atoms with van der Waals surface area (Å²) in [6, 6.07) is 7.52. The molecule has 0 radical (unpaired) electrons. The molecule has 3 N–H and O–H groups in total. The van der Waals surface area contributed by atoms with Gasteiger partial charge in [-0.2, -0.15) is 0 Å². The van der Waals surface area contributed by atoms with Crippen molar-refractivity contribution in [1.82, 2.24) is 20.1 Å². The summed E-state index contributed by atoms with van der Waals surface area (Å²) in [4.78, 5) is 11.4. The number of rotatable bonds is 5. The van der Waals surface area contributed by atoms with Gasteiger partial charge in [-0.25, -0.2) is 0 Å². The van der Waals surface area contributed by atoms with Crippen LogP contribution in [0.1, 0.15) is 21.7 Å². The largest absolute Gasteiger partial charge is 0.355 e. The highest BCUT2D eigenvalue weighted by atomic mass is 35.5. The molecular formula is C13H18ClN5OS. The number of benzene rings is 1. The minimum Gasteiger partial charge on any atom is -0.355 e. The lowest BCUT2D eigenvalue weighted by Gasteiger charge is -2.04. The Kier molecular flexibility index (Phi) is 6.67. The molecule has 0 bridgehead atoms. The van der Waals surface area contributed by atoms with Gasteiger partial charge in [0, 0.05) is 25.4 Å². The van der Waals surface area contributed by atoms with E-state index in [4.69, 9.17) is 5.73 Å². The Morgan fingerprint density at radius 3 is 2.52 bits per heavy atom. The minimum atomic E-state index is -0.0786. The summed E-state index contributed by atoms with van der Waals surface area (Å²) in [5.74, 6) is 1.46. The quantitative estimate of drug-likeness (QED) is 0.810. The van der Waals surface area contributed by atoms with Crippen molar-refractivity contribution in [2.75, 3.05) is 7.05 Å². The molecule has 0 spiro atoms. The summed E-state index contributed by atoms with van der Waals surface area (Å²) in [7, 11) is 3.52. The van der Waals surface area contributed by atoms with Crippen LogP contribution in [-0.4, -0.2) is 27.7 Å². The van der Waals surface area contributed by atoms with Gasteiger partial charge in [-0.1, -0.05) is 23.9 Å². The summed E-state index contributed by atoms with van der Waals surface area (Å²) in [5.41, 5.74) is 7.34. The predicted molar refractivity (Wildman–Crippen MR) is 85.5 cm³/mol. The van der Waals surface area contributed by atoms with Gasteiger partial charge in [0.15, 0.2) is 5.16 Å². The fourth-order valence-corrected chi connectivity index (χ4v) is 2.58. The molecule has 8 heteroatoms. The molecule has 0 aliphatic rings. The van der Waals surface area contributed by atoms with Gasteiger partial charge in [-0.05, 0) is 17.7 Å². The first-order valence-corrected chi connectivity index (χ1v) is 7.16.